The van der Waals surface area contributed by atoms with Crippen molar-refractivity contribution in [3.63, 3.8) is 0 Å². The molecule has 142 valence electrons. The van der Waals surface area contributed by atoms with Gasteiger partial charge in [-0.1, -0.05) is 12.1 Å². The van der Waals surface area contributed by atoms with Gasteiger partial charge in [-0.3, -0.25) is 9.69 Å². The Bertz CT molecular complexity index is 604. The fourth-order valence-electron chi connectivity index (χ4n) is 4.36. The molecule has 0 saturated carbocycles. The van der Waals surface area contributed by atoms with Crippen molar-refractivity contribution in [2.45, 2.75) is 50.7 Å². The van der Waals surface area contributed by atoms with Crippen molar-refractivity contribution in [3.8, 4) is 5.75 Å². The number of hydrogen-bond donors (Lipinski definition) is 0. The van der Waals surface area contributed by atoms with Crippen LogP contribution in [0, 0.1) is 0 Å². The Morgan fingerprint density at radius 1 is 1.00 bits per heavy atom. The number of nitrogens with zero attached hydrogens (tertiary/aromatic N) is 2. The van der Waals surface area contributed by atoms with Gasteiger partial charge in [0, 0.05) is 38.0 Å². The minimum absolute atomic E-state index is 0.140. The van der Waals surface area contributed by atoms with Crippen molar-refractivity contribution in [2.75, 3.05) is 37.7 Å². The molecule has 1 amide bonds. The minimum Gasteiger partial charge on any atom is -0.489 e. The van der Waals surface area contributed by atoms with Gasteiger partial charge in [0.15, 0.2) is 0 Å². The highest BCUT2D eigenvalue weighted by atomic mass is 32.2. The highest BCUT2D eigenvalue weighted by Gasteiger charge is 2.29. The number of amides is 1. The van der Waals surface area contributed by atoms with E-state index in [2.05, 4.69) is 16.7 Å². The fraction of sp³-hybridized carbons (Fsp3) is 0.667. The molecule has 3 saturated heterocycles. The maximum atomic E-state index is 12.9. The maximum Gasteiger partial charge on any atom is 0.257 e. The normalized spacial score (nSPS) is 25.4. The molecule has 1 atom stereocenters. The van der Waals surface area contributed by atoms with Gasteiger partial charge in [0.2, 0.25) is 0 Å². The molecule has 1 aromatic rings. The lowest BCUT2D eigenvalue weighted by Gasteiger charge is -2.36. The van der Waals surface area contributed by atoms with E-state index in [9.17, 15) is 4.79 Å². The zero-order valence-corrected chi connectivity index (χ0v) is 16.4. The van der Waals surface area contributed by atoms with Gasteiger partial charge in [-0.25, -0.2) is 0 Å². The number of piperidine rings is 2. The van der Waals surface area contributed by atoms with Crippen molar-refractivity contribution in [3.05, 3.63) is 29.8 Å². The Morgan fingerprint density at radius 3 is 2.50 bits per heavy atom. The monoisotopic (exact) mass is 374 g/mol. The summed E-state index contributed by atoms with van der Waals surface area (Å²) in [4.78, 5) is 17.6. The molecule has 0 N–H and O–H groups in total. The molecule has 0 spiro atoms. The second-order valence-corrected chi connectivity index (χ2v) is 8.87. The van der Waals surface area contributed by atoms with Crippen LogP contribution in [0.5, 0.6) is 5.75 Å². The van der Waals surface area contributed by atoms with Crippen LogP contribution in [0.25, 0.3) is 0 Å². The summed E-state index contributed by atoms with van der Waals surface area (Å²) in [7, 11) is 0. The molecular formula is C21H30N2O2S. The molecule has 0 aliphatic carbocycles. The Hall–Kier alpha value is -1.20. The smallest absolute Gasteiger partial charge is 0.257 e. The molecule has 26 heavy (non-hydrogen) atoms. The highest BCUT2D eigenvalue weighted by molar-refractivity contribution is 7.99. The van der Waals surface area contributed by atoms with Gasteiger partial charge < -0.3 is 9.64 Å². The van der Waals surface area contributed by atoms with Crippen LogP contribution in [0.2, 0.25) is 0 Å². The van der Waals surface area contributed by atoms with E-state index >= 15 is 0 Å². The van der Waals surface area contributed by atoms with Crippen LogP contribution in [0.4, 0.5) is 0 Å². The Morgan fingerprint density at radius 2 is 1.77 bits per heavy atom. The van der Waals surface area contributed by atoms with Crippen LogP contribution < -0.4 is 4.74 Å². The molecule has 0 aromatic heterocycles. The summed E-state index contributed by atoms with van der Waals surface area (Å²) in [5.74, 6) is 3.52. The third-order valence-electron chi connectivity index (χ3n) is 5.95. The second-order valence-electron chi connectivity index (χ2n) is 7.72. The van der Waals surface area contributed by atoms with Crippen molar-refractivity contribution in [1.82, 2.24) is 9.80 Å². The van der Waals surface area contributed by atoms with Crippen molar-refractivity contribution in [1.29, 1.82) is 0 Å². The van der Waals surface area contributed by atoms with Gasteiger partial charge in [-0.2, -0.15) is 11.8 Å². The van der Waals surface area contributed by atoms with Crippen molar-refractivity contribution >= 4 is 17.7 Å². The molecule has 4 rings (SSSR count). The molecule has 0 bridgehead atoms. The molecule has 5 heteroatoms. The molecular weight excluding hydrogens is 344 g/mol. The SMILES string of the molecule is O=C(c1ccccc1OC1CCN([C@@H]2CCSC2)CC1)N1CCCCC1. The second kappa shape index (κ2) is 8.66. The Kier molecular flexibility index (Phi) is 6.05. The summed E-state index contributed by atoms with van der Waals surface area (Å²) < 4.78 is 6.33. The first-order valence-electron chi connectivity index (χ1n) is 10.2. The summed E-state index contributed by atoms with van der Waals surface area (Å²) in [6.07, 6.45) is 7.17. The van der Waals surface area contributed by atoms with Gasteiger partial charge in [0.25, 0.3) is 5.91 Å². The van der Waals surface area contributed by atoms with Gasteiger partial charge in [0.05, 0.1) is 5.56 Å². The third-order valence-corrected chi connectivity index (χ3v) is 7.10. The van der Waals surface area contributed by atoms with Gasteiger partial charge >= 0.3 is 0 Å². The van der Waals surface area contributed by atoms with E-state index in [1.54, 1.807) is 0 Å². The van der Waals surface area contributed by atoms with Gasteiger partial charge in [-0.15, -0.1) is 0 Å². The van der Waals surface area contributed by atoms with E-state index in [4.69, 9.17) is 4.74 Å². The van der Waals surface area contributed by atoms with E-state index in [-0.39, 0.29) is 12.0 Å². The molecule has 3 heterocycles. The van der Waals surface area contributed by atoms with Gasteiger partial charge in [-0.05, 0) is 56.4 Å². The first-order valence-corrected chi connectivity index (χ1v) is 11.3. The van der Waals surface area contributed by atoms with Gasteiger partial charge in [0.1, 0.15) is 11.9 Å². The number of ether oxygens (including phenoxy) is 1. The number of rotatable bonds is 4. The predicted molar refractivity (Wildman–Crippen MR) is 107 cm³/mol. The molecule has 3 aliphatic rings. The number of likely N-dealkylation sites (tertiary alicyclic amines) is 2. The summed E-state index contributed by atoms with van der Waals surface area (Å²) in [5, 5.41) is 0. The largest absolute Gasteiger partial charge is 0.489 e. The van der Waals surface area contributed by atoms with E-state index in [1.807, 2.05) is 29.2 Å². The first kappa shape index (κ1) is 18.2. The Balaban J connectivity index is 1.37. The lowest BCUT2D eigenvalue weighted by Crippen LogP contribution is -2.44. The summed E-state index contributed by atoms with van der Waals surface area (Å²) >= 11 is 2.08. The maximum absolute atomic E-state index is 12.9. The number of hydrogen-bond acceptors (Lipinski definition) is 4. The van der Waals surface area contributed by atoms with Crippen LogP contribution in [0.1, 0.15) is 48.9 Å². The van der Waals surface area contributed by atoms with E-state index in [1.165, 1.54) is 24.3 Å². The van der Waals surface area contributed by atoms with E-state index < -0.39 is 0 Å². The van der Waals surface area contributed by atoms with Crippen LogP contribution in [0.15, 0.2) is 24.3 Å². The molecule has 0 unspecified atom stereocenters. The van der Waals surface area contributed by atoms with Crippen molar-refractivity contribution in [2.24, 2.45) is 0 Å². The topological polar surface area (TPSA) is 32.8 Å². The Labute approximate surface area is 161 Å². The fourth-order valence-corrected chi connectivity index (χ4v) is 5.62. The minimum atomic E-state index is 0.140. The van der Waals surface area contributed by atoms with Crippen molar-refractivity contribution < 1.29 is 9.53 Å². The summed E-state index contributed by atoms with van der Waals surface area (Å²) in [6.45, 7) is 4.01. The highest BCUT2D eigenvalue weighted by Crippen LogP contribution is 2.28. The molecule has 1 aromatic carbocycles. The molecule has 3 aliphatic heterocycles. The number of carbonyl (C=O) groups is 1. The zero-order valence-electron chi connectivity index (χ0n) is 15.6. The quantitative estimate of drug-likeness (QED) is 0.805. The number of para-hydroxylation sites is 1. The third kappa shape index (κ3) is 4.20. The summed E-state index contributed by atoms with van der Waals surface area (Å²) in [5.41, 5.74) is 0.740. The lowest BCUT2D eigenvalue weighted by atomic mass is 10.0. The standard InChI is InChI=1S/C21H30N2O2S/c24-21(23-11-4-1-5-12-23)19-6-2-3-7-20(19)25-18-8-13-22(14-9-18)17-10-15-26-16-17/h2-3,6-7,17-18H,1,4-5,8-16H2/t17-/m1/s1. The van der Waals surface area contributed by atoms with E-state index in [0.29, 0.717) is 0 Å². The van der Waals surface area contributed by atoms with Crippen LogP contribution >= 0.6 is 11.8 Å². The lowest BCUT2D eigenvalue weighted by molar-refractivity contribution is 0.0687. The average Bonchev–Trinajstić information content (AvgIpc) is 3.24. The molecule has 0 radical (unpaired) electrons. The van der Waals surface area contributed by atoms with Crippen LogP contribution in [0.3, 0.4) is 0 Å². The average molecular weight is 375 g/mol. The molecule has 4 nitrogen and oxygen atoms in total. The number of thioether (sulfide) groups is 1. The zero-order chi connectivity index (χ0) is 17.8. The number of carbonyl (C=O) groups excluding carboxylic acids is 1. The van der Waals surface area contributed by atoms with E-state index in [0.717, 1.165) is 69.2 Å². The first-order chi connectivity index (χ1) is 12.8. The van der Waals surface area contributed by atoms with Crippen LogP contribution in [-0.2, 0) is 0 Å². The summed E-state index contributed by atoms with van der Waals surface area (Å²) in [6, 6.07) is 8.60. The molecule has 3 fully saturated rings. The number of benzene rings is 1. The predicted octanol–water partition coefficient (Wildman–Crippen LogP) is 3.66. The van der Waals surface area contributed by atoms with Crippen LogP contribution in [-0.4, -0.2) is 65.5 Å².